The van der Waals surface area contributed by atoms with E-state index >= 15 is 0 Å². The SMILES string of the molecule is Cn1cncc1-c1nnc(C(=O)N2CCc3[nH]cnc3C2c2cc3cccc(C(F)(F)F)n3n2)o1. The van der Waals surface area contributed by atoms with E-state index in [0.717, 1.165) is 16.3 Å². The number of nitrogens with zero attached hydrogens (tertiary/aromatic N) is 8. The predicted molar refractivity (Wildman–Crippen MR) is 112 cm³/mol. The first kappa shape index (κ1) is 21.1. The molecule has 0 spiro atoms. The number of aromatic amines is 1. The third-order valence-corrected chi connectivity index (χ3v) is 5.91. The van der Waals surface area contributed by atoms with Crippen LogP contribution in [0.4, 0.5) is 13.2 Å². The van der Waals surface area contributed by atoms with E-state index in [-0.39, 0.29) is 29.5 Å². The molecule has 1 aliphatic rings. The number of rotatable bonds is 3. The van der Waals surface area contributed by atoms with Crippen LogP contribution in [-0.2, 0) is 19.6 Å². The molecule has 6 heterocycles. The summed E-state index contributed by atoms with van der Waals surface area (Å²) in [5, 5.41) is 12.1. The molecule has 1 N–H and O–H groups in total. The third kappa shape index (κ3) is 3.36. The Morgan fingerprint density at radius 3 is 2.89 bits per heavy atom. The molecule has 1 aliphatic heterocycles. The van der Waals surface area contributed by atoms with E-state index in [1.54, 1.807) is 17.9 Å². The monoisotopic (exact) mass is 483 g/mol. The molecule has 5 aromatic rings. The summed E-state index contributed by atoms with van der Waals surface area (Å²) in [6.45, 7) is 0.238. The minimum Gasteiger partial charge on any atom is -0.411 e. The third-order valence-electron chi connectivity index (χ3n) is 5.91. The highest BCUT2D eigenvalue weighted by Gasteiger charge is 2.39. The van der Waals surface area contributed by atoms with Gasteiger partial charge in [0.05, 0.1) is 35.8 Å². The van der Waals surface area contributed by atoms with E-state index in [1.807, 2.05) is 0 Å². The van der Waals surface area contributed by atoms with Crippen LogP contribution in [0, 0.1) is 0 Å². The van der Waals surface area contributed by atoms with Crippen LogP contribution in [0.25, 0.3) is 17.1 Å². The Labute approximate surface area is 194 Å². The zero-order valence-corrected chi connectivity index (χ0v) is 18.1. The van der Waals surface area contributed by atoms with Gasteiger partial charge in [-0.25, -0.2) is 14.5 Å². The van der Waals surface area contributed by atoms with Gasteiger partial charge in [0, 0.05) is 25.7 Å². The van der Waals surface area contributed by atoms with Crippen LogP contribution in [0.5, 0.6) is 0 Å². The number of halogens is 3. The maximum Gasteiger partial charge on any atom is 0.433 e. The normalized spacial score (nSPS) is 16.1. The second-order valence-corrected chi connectivity index (χ2v) is 8.03. The maximum atomic E-state index is 13.6. The second-order valence-electron chi connectivity index (χ2n) is 8.03. The van der Waals surface area contributed by atoms with Gasteiger partial charge in [-0.05, 0) is 18.2 Å². The molecular formula is C21H16F3N9O2. The van der Waals surface area contributed by atoms with Crippen molar-refractivity contribution in [2.45, 2.75) is 18.6 Å². The summed E-state index contributed by atoms with van der Waals surface area (Å²) in [5.41, 5.74) is 1.34. The minimum atomic E-state index is -4.60. The van der Waals surface area contributed by atoms with Crippen LogP contribution in [0.2, 0.25) is 0 Å². The Bertz CT molecular complexity index is 1560. The van der Waals surface area contributed by atoms with Gasteiger partial charge in [-0.2, -0.15) is 18.3 Å². The lowest BCUT2D eigenvalue weighted by molar-refractivity contribution is -0.142. The minimum absolute atomic E-state index is 0.116. The van der Waals surface area contributed by atoms with Gasteiger partial charge in [-0.1, -0.05) is 6.07 Å². The van der Waals surface area contributed by atoms with Crippen LogP contribution >= 0.6 is 0 Å². The van der Waals surface area contributed by atoms with Gasteiger partial charge in [0.25, 0.3) is 5.89 Å². The number of carbonyl (C=O) groups excluding carboxylic acids is 1. The number of hydrogen-bond acceptors (Lipinski definition) is 7. The molecule has 11 nitrogen and oxygen atoms in total. The Hall–Kier alpha value is -4.49. The smallest absolute Gasteiger partial charge is 0.411 e. The summed E-state index contributed by atoms with van der Waals surface area (Å²) in [6, 6.07) is 4.44. The fourth-order valence-electron chi connectivity index (χ4n) is 4.28. The number of amides is 1. The average Bonchev–Trinajstić information content (AvgIpc) is 3.62. The fourth-order valence-corrected chi connectivity index (χ4v) is 4.28. The van der Waals surface area contributed by atoms with Gasteiger partial charge in [0.15, 0.2) is 0 Å². The summed E-state index contributed by atoms with van der Waals surface area (Å²) in [4.78, 5) is 26.3. The van der Waals surface area contributed by atoms with Crippen molar-refractivity contribution in [1.82, 2.24) is 44.2 Å². The lowest BCUT2D eigenvalue weighted by atomic mass is 9.99. The first-order chi connectivity index (χ1) is 16.8. The van der Waals surface area contributed by atoms with Gasteiger partial charge in [-0.15, -0.1) is 10.2 Å². The molecule has 14 heteroatoms. The number of fused-ring (bicyclic) bond motifs is 2. The summed E-state index contributed by atoms with van der Waals surface area (Å²) >= 11 is 0. The highest BCUT2D eigenvalue weighted by Crippen LogP contribution is 2.36. The molecule has 0 bridgehead atoms. The molecule has 1 atom stereocenters. The first-order valence-corrected chi connectivity index (χ1v) is 10.5. The maximum absolute atomic E-state index is 13.6. The van der Waals surface area contributed by atoms with Crippen LogP contribution in [0.15, 0.2) is 47.5 Å². The number of pyridine rings is 1. The summed E-state index contributed by atoms with van der Waals surface area (Å²) < 4.78 is 48.8. The highest BCUT2D eigenvalue weighted by molar-refractivity contribution is 5.90. The fraction of sp³-hybridized carbons (Fsp3) is 0.238. The Balaban J connectivity index is 1.43. The number of carbonyl (C=O) groups is 1. The van der Waals surface area contributed by atoms with Crippen molar-refractivity contribution in [3.05, 3.63) is 71.8 Å². The van der Waals surface area contributed by atoms with E-state index in [1.165, 1.54) is 35.6 Å². The van der Waals surface area contributed by atoms with Crippen molar-refractivity contribution in [2.75, 3.05) is 6.54 Å². The van der Waals surface area contributed by atoms with Crippen molar-refractivity contribution in [1.29, 1.82) is 0 Å². The first-order valence-electron chi connectivity index (χ1n) is 10.5. The van der Waals surface area contributed by atoms with Crippen LogP contribution in [0.1, 0.15) is 39.5 Å². The molecule has 0 aromatic carbocycles. The molecule has 1 amide bonds. The van der Waals surface area contributed by atoms with Gasteiger partial charge < -0.3 is 18.9 Å². The Kier molecular flexibility index (Phi) is 4.52. The molecule has 1 unspecified atom stereocenters. The predicted octanol–water partition coefficient (Wildman–Crippen LogP) is 2.65. The molecule has 0 saturated carbocycles. The topological polar surface area (TPSA) is 123 Å². The zero-order chi connectivity index (χ0) is 24.3. The number of aromatic nitrogens is 8. The highest BCUT2D eigenvalue weighted by atomic mass is 19.4. The standard InChI is InChI=1S/C21H16F3N9O2/c1-31-10-25-8-14(31)18-28-29-19(35-18)20(34)32-6-5-12-16(27-9-26-12)17(32)13-7-11-3-2-4-15(21(22,23)24)33(11)30-13/h2-4,7-10,17H,5-6H2,1H3,(H,26,27). The second kappa shape index (κ2) is 7.51. The van der Waals surface area contributed by atoms with E-state index < -0.39 is 23.8 Å². The number of imidazole rings is 2. The van der Waals surface area contributed by atoms with E-state index in [9.17, 15) is 18.0 Å². The number of H-pyrrole nitrogens is 1. The molecule has 0 saturated heterocycles. The van der Waals surface area contributed by atoms with Gasteiger partial charge >= 0.3 is 18.0 Å². The Morgan fingerprint density at radius 2 is 2.11 bits per heavy atom. The van der Waals surface area contributed by atoms with Crippen LogP contribution in [-0.4, -0.2) is 56.7 Å². The Morgan fingerprint density at radius 1 is 1.26 bits per heavy atom. The molecule has 0 aliphatic carbocycles. The molecule has 35 heavy (non-hydrogen) atoms. The number of hydrogen-bond donors (Lipinski definition) is 1. The summed E-state index contributed by atoms with van der Waals surface area (Å²) in [5.74, 6) is -0.729. The number of alkyl halides is 3. The van der Waals surface area contributed by atoms with Crippen molar-refractivity contribution in [3.63, 3.8) is 0 Å². The zero-order valence-electron chi connectivity index (χ0n) is 18.1. The summed E-state index contributed by atoms with van der Waals surface area (Å²) in [6.07, 6.45) is 0.418. The molecule has 178 valence electrons. The van der Waals surface area contributed by atoms with Crippen LogP contribution < -0.4 is 0 Å². The number of nitrogens with one attached hydrogen (secondary N) is 1. The van der Waals surface area contributed by atoms with Gasteiger partial charge in [-0.3, -0.25) is 4.79 Å². The lowest BCUT2D eigenvalue weighted by Crippen LogP contribution is -2.41. The van der Waals surface area contributed by atoms with Gasteiger partial charge in [0.2, 0.25) is 0 Å². The van der Waals surface area contributed by atoms with E-state index in [0.29, 0.717) is 17.8 Å². The lowest BCUT2D eigenvalue weighted by Gasteiger charge is -2.32. The molecular weight excluding hydrogens is 467 g/mol. The average molecular weight is 483 g/mol. The van der Waals surface area contributed by atoms with Crippen molar-refractivity contribution >= 4 is 11.4 Å². The molecule has 5 aromatic heterocycles. The molecule has 0 radical (unpaired) electrons. The summed E-state index contributed by atoms with van der Waals surface area (Å²) in [7, 11) is 1.74. The quantitative estimate of drug-likeness (QED) is 0.419. The largest absolute Gasteiger partial charge is 0.433 e. The van der Waals surface area contributed by atoms with Crippen molar-refractivity contribution < 1.29 is 22.4 Å². The van der Waals surface area contributed by atoms with Gasteiger partial charge in [0.1, 0.15) is 17.4 Å². The molecule has 0 fully saturated rings. The van der Waals surface area contributed by atoms with E-state index in [2.05, 4.69) is 30.2 Å². The van der Waals surface area contributed by atoms with Crippen molar-refractivity contribution in [2.24, 2.45) is 7.05 Å². The number of aryl methyl sites for hydroxylation is 1. The van der Waals surface area contributed by atoms with Crippen molar-refractivity contribution in [3.8, 4) is 11.6 Å². The molecule has 6 rings (SSSR count). The van der Waals surface area contributed by atoms with Crippen LogP contribution in [0.3, 0.4) is 0 Å². The van der Waals surface area contributed by atoms with E-state index in [4.69, 9.17) is 4.42 Å².